The van der Waals surface area contributed by atoms with Crippen molar-refractivity contribution in [2.75, 3.05) is 19.7 Å². The Bertz CT molecular complexity index is 471. The normalized spacial score (nSPS) is 40.8. The van der Waals surface area contributed by atoms with Gasteiger partial charge in [0.05, 0.1) is 12.0 Å². The maximum absolute atomic E-state index is 12.7. The van der Waals surface area contributed by atoms with Gasteiger partial charge in [0.15, 0.2) is 0 Å². The van der Waals surface area contributed by atoms with Crippen LogP contribution in [0.1, 0.15) is 39.0 Å². The molecule has 2 saturated carbocycles. The van der Waals surface area contributed by atoms with Gasteiger partial charge in [-0.2, -0.15) is 0 Å². The van der Waals surface area contributed by atoms with Crippen LogP contribution in [0.3, 0.4) is 0 Å². The van der Waals surface area contributed by atoms with E-state index in [0.717, 1.165) is 38.7 Å². The number of hydrogen-bond donors (Lipinski definition) is 1. The van der Waals surface area contributed by atoms with E-state index in [4.69, 9.17) is 4.74 Å². The van der Waals surface area contributed by atoms with Crippen LogP contribution < -0.4 is 5.32 Å². The lowest BCUT2D eigenvalue weighted by Gasteiger charge is -2.43. The van der Waals surface area contributed by atoms with Crippen molar-refractivity contribution in [1.29, 1.82) is 0 Å². The molecule has 0 unspecified atom stereocenters. The molecule has 0 aromatic heterocycles. The van der Waals surface area contributed by atoms with Crippen LogP contribution in [0.15, 0.2) is 0 Å². The lowest BCUT2D eigenvalue weighted by Crippen LogP contribution is -2.56. The van der Waals surface area contributed by atoms with Crippen LogP contribution >= 0.6 is 0 Å². The van der Waals surface area contributed by atoms with Crippen molar-refractivity contribution < 1.29 is 14.3 Å². The van der Waals surface area contributed by atoms with E-state index in [1.807, 2.05) is 4.90 Å². The van der Waals surface area contributed by atoms with Gasteiger partial charge in [-0.1, -0.05) is 6.92 Å². The number of likely N-dealkylation sites (tertiary alicyclic amines) is 1. The highest BCUT2D eigenvalue weighted by Crippen LogP contribution is 2.38. The third kappa shape index (κ3) is 2.64. The number of nitrogens with zero attached hydrogens (tertiary/aromatic N) is 1. The van der Waals surface area contributed by atoms with Crippen molar-refractivity contribution in [2.24, 2.45) is 23.7 Å². The number of rotatable bonds is 3. The Morgan fingerprint density at radius 1 is 1.14 bits per heavy atom. The predicted octanol–water partition coefficient (Wildman–Crippen LogP) is 1.17. The molecule has 2 aliphatic carbocycles. The summed E-state index contributed by atoms with van der Waals surface area (Å²) in [6.45, 7) is 4.20. The smallest absolute Gasteiger partial charge is 0.225 e. The van der Waals surface area contributed by atoms with Crippen molar-refractivity contribution in [2.45, 2.75) is 51.2 Å². The molecular formula is C17H26N2O3. The third-order valence-corrected chi connectivity index (χ3v) is 5.89. The summed E-state index contributed by atoms with van der Waals surface area (Å²) in [6.07, 6.45) is 5.23. The van der Waals surface area contributed by atoms with Crippen molar-refractivity contribution in [3.05, 3.63) is 0 Å². The molecule has 1 N–H and O–H groups in total. The molecular weight excluding hydrogens is 280 g/mol. The monoisotopic (exact) mass is 306 g/mol. The van der Waals surface area contributed by atoms with Gasteiger partial charge in [-0.05, 0) is 38.0 Å². The zero-order chi connectivity index (χ0) is 15.3. The standard InChI is InChI=1S/C17H26N2O3/c1-10-6-11(7-10)17(21)19-8-14(16(20)18-12-2-3-12)13-4-5-22-15(13)9-19/h10-15H,2-9H2,1H3,(H,18,20)/t10?,11?,13-,14+,15+/m0/s1. The van der Waals surface area contributed by atoms with Gasteiger partial charge in [0.1, 0.15) is 0 Å². The summed E-state index contributed by atoms with van der Waals surface area (Å²) in [5, 5.41) is 3.13. The lowest BCUT2D eigenvalue weighted by atomic mass is 9.74. The molecule has 0 bridgehead atoms. The number of nitrogens with one attached hydrogen (secondary N) is 1. The molecule has 2 heterocycles. The highest BCUT2D eigenvalue weighted by molar-refractivity contribution is 5.83. The Morgan fingerprint density at radius 3 is 2.59 bits per heavy atom. The van der Waals surface area contributed by atoms with E-state index in [0.29, 0.717) is 31.0 Å². The maximum atomic E-state index is 12.7. The van der Waals surface area contributed by atoms with Crippen LogP contribution in [0.5, 0.6) is 0 Å². The first-order valence-electron chi connectivity index (χ1n) is 8.82. The highest BCUT2D eigenvalue weighted by atomic mass is 16.5. The van der Waals surface area contributed by atoms with E-state index < -0.39 is 0 Å². The molecule has 2 saturated heterocycles. The van der Waals surface area contributed by atoms with Crippen molar-refractivity contribution in [3.8, 4) is 0 Å². The molecule has 5 heteroatoms. The van der Waals surface area contributed by atoms with E-state index in [1.54, 1.807) is 0 Å². The van der Waals surface area contributed by atoms with Crippen molar-refractivity contribution >= 4 is 11.8 Å². The molecule has 4 aliphatic rings. The predicted molar refractivity (Wildman–Crippen MR) is 81.0 cm³/mol. The number of ether oxygens (including phenoxy) is 1. The topological polar surface area (TPSA) is 58.6 Å². The van der Waals surface area contributed by atoms with Gasteiger partial charge in [0.2, 0.25) is 11.8 Å². The second-order valence-corrected chi connectivity index (χ2v) is 7.77. The molecule has 3 atom stereocenters. The molecule has 0 aromatic carbocycles. The second-order valence-electron chi connectivity index (χ2n) is 7.77. The maximum Gasteiger partial charge on any atom is 0.225 e. The number of carbonyl (C=O) groups is 2. The zero-order valence-corrected chi connectivity index (χ0v) is 13.3. The summed E-state index contributed by atoms with van der Waals surface area (Å²) in [6, 6.07) is 0.381. The first-order valence-corrected chi connectivity index (χ1v) is 8.82. The molecule has 122 valence electrons. The second kappa shape index (κ2) is 5.52. The average Bonchev–Trinajstić information content (AvgIpc) is 3.15. The number of piperidine rings is 1. The minimum absolute atomic E-state index is 0.0603. The Hall–Kier alpha value is -1.10. The molecule has 2 amide bonds. The van der Waals surface area contributed by atoms with Gasteiger partial charge >= 0.3 is 0 Å². The number of hydrogen-bond acceptors (Lipinski definition) is 3. The fourth-order valence-corrected chi connectivity index (χ4v) is 4.33. The Balaban J connectivity index is 1.44. The van der Waals surface area contributed by atoms with E-state index in [9.17, 15) is 9.59 Å². The fraction of sp³-hybridized carbons (Fsp3) is 0.882. The molecule has 4 rings (SSSR count). The van der Waals surface area contributed by atoms with E-state index in [-0.39, 0.29) is 29.8 Å². The fourth-order valence-electron chi connectivity index (χ4n) is 4.33. The largest absolute Gasteiger partial charge is 0.376 e. The van der Waals surface area contributed by atoms with Gasteiger partial charge in [0.25, 0.3) is 0 Å². The van der Waals surface area contributed by atoms with Crippen molar-refractivity contribution in [1.82, 2.24) is 10.2 Å². The van der Waals surface area contributed by atoms with Crippen LogP contribution in [0.4, 0.5) is 0 Å². The molecule has 5 nitrogen and oxygen atoms in total. The molecule has 22 heavy (non-hydrogen) atoms. The molecule has 0 spiro atoms. The summed E-state index contributed by atoms with van der Waals surface area (Å²) in [4.78, 5) is 27.1. The van der Waals surface area contributed by atoms with Crippen LogP contribution in [0.25, 0.3) is 0 Å². The average molecular weight is 306 g/mol. The summed E-state index contributed by atoms with van der Waals surface area (Å²) in [5.41, 5.74) is 0. The van der Waals surface area contributed by atoms with Crippen molar-refractivity contribution in [3.63, 3.8) is 0 Å². The van der Waals surface area contributed by atoms with Crippen LogP contribution in [0.2, 0.25) is 0 Å². The minimum atomic E-state index is -0.0803. The van der Waals surface area contributed by atoms with Gasteiger partial charge in [0, 0.05) is 37.6 Å². The Morgan fingerprint density at radius 2 is 1.91 bits per heavy atom. The van der Waals surface area contributed by atoms with E-state index in [1.165, 1.54) is 0 Å². The highest BCUT2D eigenvalue weighted by Gasteiger charge is 2.47. The third-order valence-electron chi connectivity index (χ3n) is 5.89. The Labute approximate surface area is 131 Å². The van der Waals surface area contributed by atoms with Crippen LogP contribution in [-0.4, -0.2) is 48.6 Å². The summed E-state index contributed by atoms with van der Waals surface area (Å²) < 4.78 is 5.82. The van der Waals surface area contributed by atoms with Gasteiger partial charge in [-0.25, -0.2) is 0 Å². The van der Waals surface area contributed by atoms with E-state index in [2.05, 4.69) is 12.2 Å². The summed E-state index contributed by atoms with van der Waals surface area (Å²) in [7, 11) is 0. The quantitative estimate of drug-likeness (QED) is 0.851. The Kier molecular flexibility index (Phi) is 3.63. The zero-order valence-electron chi connectivity index (χ0n) is 13.3. The summed E-state index contributed by atoms with van der Waals surface area (Å²) in [5.74, 6) is 1.45. The minimum Gasteiger partial charge on any atom is -0.376 e. The molecule has 4 fully saturated rings. The van der Waals surface area contributed by atoms with Gasteiger partial charge in [-0.15, -0.1) is 0 Å². The SMILES string of the molecule is CC1CC(C(=O)N2C[C@H]3OCC[C@H]3[C@H](C(=O)NC3CC3)C2)C1. The summed E-state index contributed by atoms with van der Waals surface area (Å²) >= 11 is 0. The number of fused-ring (bicyclic) bond motifs is 1. The van der Waals surface area contributed by atoms with E-state index >= 15 is 0 Å². The number of carbonyl (C=O) groups excluding carboxylic acids is 2. The first-order chi connectivity index (χ1) is 10.6. The van der Waals surface area contributed by atoms with Gasteiger partial charge < -0.3 is 15.0 Å². The molecule has 0 aromatic rings. The lowest BCUT2D eigenvalue weighted by molar-refractivity contribution is -0.148. The molecule has 0 radical (unpaired) electrons. The molecule has 2 aliphatic heterocycles. The first kappa shape index (κ1) is 14.5. The van der Waals surface area contributed by atoms with Gasteiger partial charge in [-0.3, -0.25) is 9.59 Å². The number of amides is 2. The van der Waals surface area contributed by atoms with Crippen LogP contribution in [0, 0.1) is 23.7 Å². The van der Waals surface area contributed by atoms with Crippen LogP contribution in [-0.2, 0) is 14.3 Å².